The van der Waals surface area contributed by atoms with Gasteiger partial charge in [-0.1, -0.05) is 12.1 Å². The molecule has 6 heteroatoms. The third kappa shape index (κ3) is 2.88. The molecule has 0 aliphatic heterocycles. The van der Waals surface area contributed by atoms with Gasteiger partial charge in [0.25, 0.3) is 0 Å². The number of alkyl halides is 3. The molecule has 2 aromatic rings. The fourth-order valence-corrected chi connectivity index (χ4v) is 1.57. The van der Waals surface area contributed by atoms with Crippen LogP contribution < -0.4 is 4.74 Å². The number of hydrogen-bond donors (Lipinski definition) is 0. The molecule has 0 fully saturated rings. The molecule has 0 amide bonds. The largest absolute Gasteiger partial charge is 0.454 e. The Bertz CT molecular complexity index is 674. The van der Waals surface area contributed by atoms with Crippen LogP contribution in [0.2, 0.25) is 0 Å². The van der Waals surface area contributed by atoms with E-state index in [2.05, 4.69) is 0 Å². The first-order chi connectivity index (χ1) is 9.41. The van der Waals surface area contributed by atoms with Crippen molar-refractivity contribution < 1.29 is 22.3 Å². The van der Waals surface area contributed by atoms with Crippen LogP contribution >= 0.6 is 0 Å². The van der Waals surface area contributed by atoms with Crippen LogP contribution in [0.25, 0.3) is 0 Å². The van der Waals surface area contributed by atoms with Gasteiger partial charge in [0.1, 0.15) is 5.75 Å². The number of nitrogens with zero attached hydrogens (tertiary/aromatic N) is 1. The Kier molecular flexibility index (Phi) is 3.61. The molecule has 0 heterocycles. The number of rotatable bonds is 2. The standard InChI is InChI=1S/C14H7F4NO/c15-12-3-1-2-4-13(12)20-10-6-5-9(8-19)11(7-10)14(16,17)18/h1-7H. The number of halogens is 4. The molecular weight excluding hydrogens is 274 g/mol. The van der Waals surface area contributed by atoms with Crippen molar-refractivity contribution in [3.05, 3.63) is 59.4 Å². The highest BCUT2D eigenvalue weighted by Gasteiger charge is 2.34. The Morgan fingerprint density at radius 3 is 2.35 bits per heavy atom. The Morgan fingerprint density at radius 2 is 1.75 bits per heavy atom. The molecule has 0 radical (unpaired) electrons. The second-order valence-corrected chi connectivity index (χ2v) is 3.85. The molecule has 20 heavy (non-hydrogen) atoms. The van der Waals surface area contributed by atoms with E-state index in [1.807, 2.05) is 0 Å². The number of para-hydroxylation sites is 1. The Hall–Kier alpha value is -2.55. The molecule has 2 rings (SSSR count). The van der Waals surface area contributed by atoms with Crippen molar-refractivity contribution in [2.24, 2.45) is 0 Å². The zero-order valence-corrected chi connectivity index (χ0v) is 9.91. The van der Waals surface area contributed by atoms with E-state index in [4.69, 9.17) is 10.00 Å². The summed E-state index contributed by atoms with van der Waals surface area (Å²) in [6.07, 6.45) is -4.68. The van der Waals surface area contributed by atoms with Crippen LogP contribution in [0.4, 0.5) is 17.6 Å². The number of hydrogen-bond acceptors (Lipinski definition) is 2. The van der Waals surface area contributed by atoms with Crippen molar-refractivity contribution in [2.45, 2.75) is 6.18 Å². The number of nitriles is 1. The lowest BCUT2D eigenvalue weighted by molar-refractivity contribution is -0.137. The zero-order chi connectivity index (χ0) is 14.8. The lowest BCUT2D eigenvalue weighted by Crippen LogP contribution is -2.08. The average Bonchev–Trinajstić information content (AvgIpc) is 2.40. The molecule has 0 N–H and O–H groups in total. The fraction of sp³-hybridized carbons (Fsp3) is 0.0714. The lowest BCUT2D eigenvalue weighted by atomic mass is 10.1. The van der Waals surface area contributed by atoms with E-state index in [1.165, 1.54) is 30.3 Å². The van der Waals surface area contributed by atoms with Gasteiger partial charge in [0.05, 0.1) is 17.2 Å². The molecule has 102 valence electrons. The summed E-state index contributed by atoms with van der Waals surface area (Å²) in [5.41, 5.74) is -1.63. The normalized spacial score (nSPS) is 10.9. The maximum Gasteiger partial charge on any atom is 0.417 e. The van der Waals surface area contributed by atoms with Crippen molar-refractivity contribution in [2.75, 3.05) is 0 Å². The molecular formula is C14H7F4NO. The SMILES string of the molecule is N#Cc1ccc(Oc2ccccc2F)cc1C(F)(F)F. The molecule has 0 atom stereocenters. The smallest absolute Gasteiger partial charge is 0.417 e. The van der Waals surface area contributed by atoms with Crippen molar-refractivity contribution in [3.63, 3.8) is 0 Å². The summed E-state index contributed by atoms with van der Waals surface area (Å²) in [6.45, 7) is 0. The molecule has 0 aromatic heterocycles. The minimum atomic E-state index is -4.68. The van der Waals surface area contributed by atoms with Crippen molar-refractivity contribution in [3.8, 4) is 17.6 Å². The second kappa shape index (κ2) is 5.21. The first-order valence-electron chi connectivity index (χ1n) is 5.45. The van der Waals surface area contributed by atoms with Crippen LogP contribution in [0, 0.1) is 17.1 Å². The van der Waals surface area contributed by atoms with E-state index in [9.17, 15) is 17.6 Å². The van der Waals surface area contributed by atoms with E-state index in [1.54, 1.807) is 0 Å². The van der Waals surface area contributed by atoms with Gasteiger partial charge in [-0.05, 0) is 30.3 Å². The first kappa shape index (κ1) is 13.9. The predicted molar refractivity (Wildman–Crippen MR) is 62.6 cm³/mol. The molecule has 2 aromatic carbocycles. The third-order valence-electron chi connectivity index (χ3n) is 2.48. The molecule has 0 bridgehead atoms. The van der Waals surface area contributed by atoms with E-state index in [-0.39, 0.29) is 11.5 Å². The summed E-state index contributed by atoms with van der Waals surface area (Å²) in [5.74, 6) is -1.07. The summed E-state index contributed by atoms with van der Waals surface area (Å²) in [4.78, 5) is 0. The highest BCUT2D eigenvalue weighted by molar-refractivity contribution is 5.45. The van der Waals surface area contributed by atoms with Gasteiger partial charge in [0, 0.05) is 0 Å². The van der Waals surface area contributed by atoms with Crippen molar-refractivity contribution >= 4 is 0 Å². The van der Waals surface area contributed by atoms with Gasteiger partial charge in [-0.15, -0.1) is 0 Å². The molecule has 0 aliphatic carbocycles. The Morgan fingerprint density at radius 1 is 1.05 bits per heavy atom. The van der Waals surface area contributed by atoms with Crippen molar-refractivity contribution in [1.29, 1.82) is 5.26 Å². The average molecular weight is 281 g/mol. The van der Waals surface area contributed by atoms with Gasteiger partial charge in [-0.2, -0.15) is 18.4 Å². The highest BCUT2D eigenvalue weighted by atomic mass is 19.4. The zero-order valence-electron chi connectivity index (χ0n) is 9.91. The predicted octanol–water partition coefficient (Wildman–Crippen LogP) is 4.51. The van der Waals surface area contributed by atoms with Crippen LogP contribution in [0.15, 0.2) is 42.5 Å². The fourth-order valence-electron chi connectivity index (χ4n) is 1.57. The van der Waals surface area contributed by atoms with E-state index < -0.39 is 23.1 Å². The molecule has 0 saturated heterocycles. The summed E-state index contributed by atoms with van der Waals surface area (Å²) < 4.78 is 56.7. The Balaban J connectivity index is 2.40. The maximum atomic E-state index is 13.4. The summed E-state index contributed by atoms with van der Waals surface area (Å²) >= 11 is 0. The second-order valence-electron chi connectivity index (χ2n) is 3.85. The quantitative estimate of drug-likeness (QED) is 0.759. The topological polar surface area (TPSA) is 33.0 Å². The molecule has 0 saturated carbocycles. The Labute approximate surface area is 111 Å². The van der Waals surface area contributed by atoms with Crippen LogP contribution in [0.3, 0.4) is 0 Å². The minimum Gasteiger partial charge on any atom is -0.454 e. The van der Waals surface area contributed by atoms with Crippen LogP contribution in [-0.4, -0.2) is 0 Å². The van der Waals surface area contributed by atoms with Gasteiger partial charge in [-0.25, -0.2) is 4.39 Å². The van der Waals surface area contributed by atoms with Crippen LogP contribution in [-0.2, 0) is 6.18 Å². The summed E-state index contributed by atoms with van der Waals surface area (Å²) in [5, 5.41) is 8.66. The van der Waals surface area contributed by atoms with E-state index in [0.717, 1.165) is 12.1 Å². The molecule has 0 aliphatic rings. The van der Waals surface area contributed by atoms with Gasteiger partial charge < -0.3 is 4.74 Å². The molecule has 2 nitrogen and oxygen atoms in total. The lowest BCUT2D eigenvalue weighted by Gasteiger charge is -2.11. The van der Waals surface area contributed by atoms with Crippen LogP contribution in [0.1, 0.15) is 11.1 Å². The maximum absolute atomic E-state index is 13.4. The van der Waals surface area contributed by atoms with Crippen LogP contribution in [0.5, 0.6) is 11.5 Å². The van der Waals surface area contributed by atoms with Gasteiger partial charge in [0.2, 0.25) is 0 Å². The van der Waals surface area contributed by atoms with Gasteiger partial charge in [-0.3, -0.25) is 0 Å². The monoisotopic (exact) mass is 281 g/mol. The minimum absolute atomic E-state index is 0.190. The third-order valence-corrected chi connectivity index (χ3v) is 2.48. The van der Waals surface area contributed by atoms with Gasteiger partial charge in [0.15, 0.2) is 11.6 Å². The van der Waals surface area contributed by atoms with E-state index in [0.29, 0.717) is 6.07 Å². The van der Waals surface area contributed by atoms with E-state index >= 15 is 0 Å². The summed E-state index contributed by atoms with van der Waals surface area (Å²) in [7, 11) is 0. The number of benzene rings is 2. The van der Waals surface area contributed by atoms with Crippen molar-refractivity contribution in [1.82, 2.24) is 0 Å². The molecule has 0 unspecified atom stereocenters. The summed E-state index contributed by atoms with van der Waals surface area (Å²) in [6, 6.07) is 9.64. The van der Waals surface area contributed by atoms with Gasteiger partial charge >= 0.3 is 6.18 Å². The number of ether oxygens (including phenoxy) is 1. The highest BCUT2D eigenvalue weighted by Crippen LogP contribution is 2.35. The molecule has 0 spiro atoms. The first-order valence-corrected chi connectivity index (χ1v) is 5.45.